The van der Waals surface area contributed by atoms with E-state index in [0.29, 0.717) is 17.4 Å². The van der Waals surface area contributed by atoms with Gasteiger partial charge in [0.15, 0.2) is 6.04 Å². The smallest absolute Gasteiger partial charge is 0.412 e. The van der Waals surface area contributed by atoms with Gasteiger partial charge in [0, 0.05) is 27.5 Å². The Kier molecular flexibility index (Phi) is 6.01. The number of carboxylic acid groups (broad SMARTS) is 1. The summed E-state index contributed by atoms with van der Waals surface area (Å²) in [5, 5.41) is 11.6. The molecule has 1 aromatic heterocycles. The minimum Gasteiger partial charge on any atom is -0.478 e. The van der Waals surface area contributed by atoms with Crippen LogP contribution in [0.15, 0.2) is 42.5 Å². The van der Waals surface area contributed by atoms with E-state index in [-0.39, 0.29) is 26.9 Å². The number of alkyl halides is 3. The molecule has 30 heavy (non-hydrogen) atoms. The minimum absolute atomic E-state index is 0.00412. The number of aryl methyl sites for hydroxylation is 1. The summed E-state index contributed by atoms with van der Waals surface area (Å²) in [6.45, 7) is 2.01. The van der Waals surface area contributed by atoms with Crippen molar-refractivity contribution in [2.24, 2.45) is 0 Å². The van der Waals surface area contributed by atoms with Crippen molar-refractivity contribution in [3.8, 4) is 0 Å². The number of benzene rings is 2. The van der Waals surface area contributed by atoms with Gasteiger partial charge in [-0.1, -0.05) is 23.2 Å². The van der Waals surface area contributed by atoms with Crippen molar-refractivity contribution < 1.29 is 27.9 Å². The van der Waals surface area contributed by atoms with Gasteiger partial charge in [0.25, 0.3) is 5.91 Å². The van der Waals surface area contributed by atoms with Gasteiger partial charge >= 0.3 is 12.1 Å². The molecule has 2 N–H and O–H groups in total. The fourth-order valence-electron chi connectivity index (χ4n) is 3.23. The van der Waals surface area contributed by atoms with Gasteiger partial charge < -0.3 is 15.0 Å². The van der Waals surface area contributed by atoms with Gasteiger partial charge in [0.05, 0.1) is 5.56 Å². The molecule has 0 fully saturated rings. The third kappa shape index (κ3) is 4.39. The van der Waals surface area contributed by atoms with Gasteiger partial charge in [0.2, 0.25) is 0 Å². The average molecular weight is 459 g/mol. The van der Waals surface area contributed by atoms with E-state index in [1.807, 2.05) is 5.32 Å². The van der Waals surface area contributed by atoms with Gasteiger partial charge in [-0.25, -0.2) is 4.79 Å². The summed E-state index contributed by atoms with van der Waals surface area (Å²) in [5.41, 5.74) is 0.199. The van der Waals surface area contributed by atoms with Crippen LogP contribution in [0.3, 0.4) is 0 Å². The molecule has 0 bridgehead atoms. The molecule has 0 radical (unpaired) electrons. The zero-order chi connectivity index (χ0) is 22.2. The number of aromatic carboxylic acids is 1. The molecule has 1 amide bonds. The van der Waals surface area contributed by atoms with Crippen molar-refractivity contribution >= 4 is 46.0 Å². The van der Waals surface area contributed by atoms with Crippen LogP contribution in [-0.2, 0) is 6.54 Å². The highest BCUT2D eigenvalue weighted by atomic mass is 35.5. The molecule has 1 atom stereocenters. The maximum absolute atomic E-state index is 13.7. The summed E-state index contributed by atoms with van der Waals surface area (Å²) in [5.74, 6) is -2.12. The summed E-state index contributed by atoms with van der Waals surface area (Å²) >= 11 is 11.6. The molecule has 1 heterocycles. The highest BCUT2D eigenvalue weighted by molar-refractivity contribution is 6.34. The quantitative estimate of drug-likeness (QED) is 0.514. The molecule has 3 aromatic rings. The van der Waals surface area contributed by atoms with E-state index in [1.165, 1.54) is 34.9 Å². The number of carbonyl (C=O) groups is 2. The molecule has 0 aliphatic rings. The number of carboxylic acids is 1. The number of nitrogens with one attached hydrogen (secondary N) is 1. The molecule has 0 spiro atoms. The van der Waals surface area contributed by atoms with Crippen LogP contribution in [-0.4, -0.2) is 27.7 Å². The average Bonchev–Trinajstić information content (AvgIpc) is 3.01. The van der Waals surface area contributed by atoms with Gasteiger partial charge in [-0.2, -0.15) is 13.2 Å². The van der Waals surface area contributed by atoms with Crippen molar-refractivity contribution in [3.63, 3.8) is 0 Å². The van der Waals surface area contributed by atoms with Crippen LogP contribution in [0.2, 0.25) is 10.0 Å². The SMILES string of the molecule is CCn1c(C(=O)NC(c2cc(Cl)cc(Cl)c2)C(F)(F)F)cc2cc(C(=O)O)ccc21. The Balaban J connectivity index is 2.03. The Hall–Kier alpha value is -2.71. The second-order valence-electron chi connectivity index (χ2n) is 6.50. The van der Waals surface area contributed by atoms with Crippen LogP contribution < -0.4 is 5.32 Å². The highest BCUT2D eigenvalue weighted by Gasteiger charge is 2.42. The lowest BCUT2D eigenvalue weighted by Gasteiger charge is -2.23. The number of rotatable bonds is 5. The molecule has 158 valence electrons. The fourth-order valence-corrected chi connectivity index (χ4v) is 3.78. The van der Waals surface area contributed by atoms with Crippen LogP contribution in [0, 0.1) is 0 Å². The second-order valence-corrected chi connectivity index (χ2v) is 7.38. The molecule has 0 aliphatic carbocycles. The predicted molar refractivity (Wildman–Crippen MR) is 107 cm³/mol. The highest BCUT2D eigenvalue weighted by Crippen LogP contribution is 2.35. The molecule has 3 rings (SSSR count). The first kappa shape index (κ1) is 22.0. The van der Waals surface area contributed by atoms with E-state index in [2.05, 4.69) is 0 Å². The number of halogens is 5. The Bertz CT molecular complexity index is 1120. The summed E-state index contributed by atoms with van der Waals surface area (Å²) in [4.78, 5) is 24.0. The first-order chi connectivity index (χ1) is 14.0. The zero-order valence-corrected chi connectivity index (χ0v) is 16.9. The summed E-state index contributed by atoms with van der Waals surface area (Å²) in [6, 6.07) is 6.72. The van der Waals surface area contributed by atoms with E-state index >= 15 is 0 Å². The largest absolute Gasteiger partial charge is 0.478 e. The molecule has 0 aliphatic heterocycles. The number of nitrogens with zero attached hydrogens (tertiary/aromatic N) is 1. The lowest BCUT2D eigenvalue weighted by atomic mass is 10.1. The summed E-state index contributed by atoms with van der Waals surface area (Å²) in [7, 11) is 0. The fraction of sp³-hybridized carbons (Fsp3) is 0.200. The Labute approximate surface area is 179 Å². The third-order valence-electron chi connectivity index (χ3n) is 4.52. The molecule has 0 saturated heterocycles. The monoisotopic (exact) mass is 458 g/mol. The van der Waals surface area contributed by atoms with E-state index in [4.69, 9.17) is 28.3 Å². The van der Waals surface area contributed by atoms with Gasteiger partial charge in [-0.15, -0.1) is 0 Å². The van der Waals surface area contributed by atoms with Crippen molar-refractivity contribution in [2.75, 3.05) is 0 Å². The second kappa shape index (κ2) is 8.20. The molecule has 2 aromatic carbocycles. The van der Waals surface area contributed by atoms with E-state index < -0.39 is 24.1 Å². The normalized spacial score (nSPS) is 12.7. The van der Waals surface area contributed by atoms with Crippen LogP contribution in [0.5, 0.6) is 0 Å². The molecular formula is C20H15Cl2F3N2O3. The van der Waals surface area contributed by atoms with Gasteiger partial charge in [-0.05, 0) is 55.0 Å². The van der Waals surface area contributed by atoms with Crippen molar-refractivity contribution in [1.29, 1.82) is 0 Å². The van der Waals surface area contributed by atoms with E-state index in [9.17, 15) is 22.8 Å². The molecule has 1 unspecified atom stereocenters. The lowest BCUT2D eigenvalue weighted by molar-refractivity contribution is -0.155. The van der Waals surface area contributed by atoms with Crippen molar-refractivity contribution in [3.05, 3.63) is 69.3 Å². The standard InChI is InChI=1S/C20H15Cl2F3N2O3/c1-2-27-15-4-3-10(19(29)30)5-11(15)8-16(27)18(28)26-17(20(23,24)25)12-6-13(21)9-14(22)7-12/h3-9,17H,2H2,1H3,(H,26,28)(H,29,30). The topological polar surface area (TPSA) is 71.3 Å². The Morgan fingerprint density at radius 2 is 1.73 bits per heavy atom. The van der Waals surface area contributed by atoms with Crippen LogP contribution >= 0.6 is 23.2 Å². The Morgan fingerprint density at radius 1 is 1.10 bits per heavy atom. The van der Waals surface area contributed by atoms with E-state index in [1.54, 1.807) is 6.92 Å². The van der Waals surface area contributed by atoms with E-state index in [0.717, 1.165) is 12.1 Å². The molecule has 10 heteroatoms. The van der Waals surface area contributed by atoms with Crippen LogP contribution in [0.1, 0.15) is 39.4 Å². The maximum Gasteiger partial charge on any atom is 0.412 e. The number of hydrogen-bond acceptors (Lipinski definition) is 2. The third-order valence-corrected chi connectivity index (χ3v) is 4.95. The number of hydrogen-bond donors (Lipinski definition) is 2. The minimum atomic E-state index is -4.80. The number of aromatic nitrogens is 1. The maximum atomic E-state index is 13.7. The summed E-state index contributed by atoms with van der Waals surface area (Å²) < 4.78 is 42.6. The van der Waals surface area contributed by atoms with Crippen molar-refractivity contribution in [1.82, 2.24) is 9.88 Å². The molecular weight excluding hydrogens is 444 g/mol. The van der Waals surface area contributed by atoms with Crippen LogP contribution in [0.25, 0.3) is 10.9 Å². The number of carbonyl (C=O) groups excluding carboxylic acids is 1. The number of amides is 1. The molecule has 0 saturated carbocycles. The predicted octanol–water partition coefficient (Wildman–Crippen LogP) is 5.70. The van der Waals surface area contributed by atoms with Crippen molar-refractivity contribution in [2.45, 2.75) is 25.7 Å². The lowest BCUT2D eigenvalue weighted by Crippen LogP contribution is -2.38. The van der Waals surface area contributed by atoms with Gasteiger partial charge in [0.1, 0.15) is 5.69 Å². The first-order valence-electron chi connectivity index (χ1n) is 8.71. The Morgan fingerprint density at radius 3 is 2.27 bits per heavy atom. The zero-order valence-electron chi connectivity index (χ0n) is 15.4. The van der Waals surface area contributed by atoms with Crippen LogP contribution in [0.4, 0.5) is 13.2 Å². The molecule has 5 nitrogen and oxygen atoms in total. The summed E-state index contributed by atoms with van der Waals surface area (Å²) in [6.07, 6.45) is -4.80. The first-order valence-corrected chi connectivity index (χ1v) is 9.47. The number of fused-ring (bicyclic) bond motifs is 1. The van der Waals surface area contributed by atoms with Gasteiger partial charge in [-0.3, -0.25) is 4.79 Å².